The van der Waals surface area contributed by atoms with E-state index < -0.39 is 5.69 Å². The van der Waals surface area contributed by atoms with Crippen LogP contribution in [0.5, 0.6) is 17.2 Å². The Hall–Kier alpha value is -4.08. The van der Waals surface area contributed by atoms with Crippen molar-refractivity contribution in [3.8, 4) is 28.6 Å². The van der Waals surface area contributed by atoms with E-state index in [1.54, 1.807) is 12.1 Å². The van der Waals surface area contributed by atoms with Crippen LogP contribution in [0.1, 0.15) is 19.2 Å². The molecule has 0 aliphatic carbocycles. The normalized spacial score (nSPS) is 12.4. The highest BCUT2D eigenvalue weighted by Crippen LogP contribution is 2.34. The highest BCUT2D eigenvalue weighted by Gasteiger charge is 2.18. The maximum absolute atomic E-state index is 12.9. The molecule has 0 amide bonds. The number of nitrogens with zero attached hydrogens (tertiary/aromatic N) is 3. The maximum Gasteiger partial charge on any atom is 0.328 e. The Labute approximate surface area is 181 Å². The molecule has 0 radical (unpaired) electrons. The van der Waals surface area contributed by atoms with Crippen molar-refractivity contribution in [2.75, 3.05) is 13.4 Å². The first-order chi connectivity index (χ1) is 15.6. The second-order valence-electron chi connectivity index (χ2n) is 7.18. The molecule has 2 aromatic heterocycles. The molecule has 1 aliphatic heterocycles. The van der Waals surface area contributed by atoms with Crippen molar-refractivity contribution in [1.29, 1.82) is 0 Å². The smallest absolute Gasteiger partial charge is 0.328 e. The van der Waals surface area contributed by atoms with E-state index >= 15 is 0 Å². The number of nitrogens with one attached hydrogen (secondary N) is 1. The Kier molecular flexibility index (Phi) is 5.10. The summed E-state index contributed by atoms with van der Waals surface area (Å²) in [5, 5.41) is 4.40. The Morgan fingerprint density at radius 3 is 2.81 bits per heavy atom. The maximum atomic E-state index is 12.9. The lowest BCUT2D eigenvalue weighted by molar-refractivity contribution is 0.174. The summed E-state index contributed by atoms with van der Waals surface area (Å²) < 4.78 is 22.8. The minimum Gasteiger partial charge on any atom is -0.493 e. The molecule has 10 heteroatoms. The van der Waals surface area contributed by atoms with Gasteiger partial charge in [0, 0.05) is 19.0 Å². The monoisotopic (exact) mass is 436 g/mol. The fourth-order valence-electron chi connectivity index (χ4n) is 3.63. The van der Waals surface area contributed by atoms with Crippen LogP contribution in [0.2, 0.25) is 0 Å². The first-order valence-electron chi connectivity index (χ1n) is 10.3. The number of aryl methyl sites for hydroxylation is 1. The van der Waals surface area contributed by atoms with Gasteiger partial charge in [-0.25, -0.2) is 4.79 Å². The summed E-state index contributed by atoms with van der Waals surface area (Å²) in [4.78, 5) is 32.5. The van der Waals surface area contributed by atoms with Crippen LogP contribution < -0.4 is 25.5 Å². The van der Waals surface area contributed by atoms with Crippen molar-refractivity contribution < 1.29 is 18.7 Å². The predicted molar refractivity (Wildman–Crippen MR) is 114 cm³/mol. The zero-order valence-corrected chi connectivity index (χ0v) is 17.3. The van der Waals surface area contributed by atoms with E-state index in [0.717, 1.165) is 10.1 Å². The van der Waals surface area contributed by atoms with Crippen molar-refractivity contribution in [2.45, 2.75) is 26.3 Å². The summed E-state index contributed by atoms with van der Waals surface area (Å²) in [5.74, 6) is 2.51. The van der Waals surface area contributed by atoms with Crippen LogP contribution in [0.15, 0.2) is 50.5 Å². The fourth-order valence-corrected chi connectivity index (χ4v) is 3.63. The molecule has 2 aromatic carbocycles. The van der Waals surface area contributed by atoms with Crippen LogP contribution in [-0.2, 0) is 13.0 Å². The third kappa shape index (κ3) is 3.59. The molecule has 3 heterocycles. The molecule has 0 spiro atoms. The van der Waals surface area contributed by atoms with Gasteiger partial charge in [0.05, 0.1) is 23.1 Å². The molecule has 164 valence electrons. The van der Waals surface area contributed by atoms with Gasteiger partial charge in [-0.2, -0.15) is 4.98 Å². The molecule has 5 rings (SSSR count). The lowest BCUT2D eigenvalue weighted by Gasteiger charge is -2.06. The van der Waals surface area contributed by atoms with E-state index in [2.05, 4.69) is 15.1 Å². The minimum atomic E-state index is -0.488. The predicted octanol–water partition coefficient (Wildman–Crippen LogP) is 2.50. The largest absolute Gasteiger partial charge is 0.493 e. The van der Waals surface area contributed by atoms with E-state index in [9.17, 15) is 9.59 Å². The number of hydrogen-bond donors (Lipinski definition) is 1. The molecular weight excluding hydrogens is 416 g/mol. The van der Waals surface area contributed by atoms with Gasteiger partial charge in [-0.15, -0.1) is 0 Å². The van der Waals surface area contributed by atoms with Gasteiger partial charge < -0.3 is 23.7 Å². The Balaban J connectivity index is 1.33. The summed E-state index contributed by atoms with van der Waals surface area (Å²) >= 11 is 0. The second-order valence-corrected chi connectivity index (χ2v) is 7.18. The van der Waals surface area contributed by atoms with Crippen LogP contribution >= 0.6 is 0 Å². The van der Waals surface area contributed by atoms with Gasteiger partial charge in [0.2, 0.25) is 18.5 Å². The van der Waals surface area contributed by atoms with Crippen LogP contribution in [0.3, 0.4) is 0 Å². The molecule has 0 saturated carbocycles. The first kappa shape index (κ1) is 19.9. The van der Waals surface area contributed by atoms with Gasteiger partial charge in [-0.1, -0.05) is 17.3 Å². The highest BCUT2D eigenvalue weighted by atomic mass is 16.7. The van der Waals surface area contributed by atoms with Crippen LogP contribution in [0.25, 0.3) is 22.3 Å². The van der Waals surface area contributed by atoms with Crippen molar-refractivity contribution in [3.05, 3.63) is 63.1 Å². The second kappa shape index (κ2) is 8.22. The van der Waals surface area contributed by atoms with Crippen molar-refractivity contribution in [2.24, 2.45) is 0 Å². The van der Waals surface area contributed by atoms with Crippen LogP contribution in [-0.4, -0.2) is 33.1 Å². The average molecular weight is 436 g/mol. The summed E-state index contributed by atoms with van der Waals surface area (Å²) in [6, 6.07) is 10.6. The van der Waals surface area contributed by atoms with Crippen LogP contribution in [0.4, 0.5) is 0 Å². The Morgan fingerprint density at radius 1 is 1.16 bits per heavy atom. The summed E-state index contributed by atoms with van der Waals surface area (Å²) in [5.41, 5.74) is 0.275. The van der Waals surface area contributed by atoms with Crippen LogP contribution in [0, 0.1) is 0 Å². The molecule has 1 aliphatic rings. The van der Waals surface area contributed by atoms with E-state index in [1.165, 1.54) is 0 Å². The molecule has 0 unspecified atom stereocenters. The molecule has 0 saturated heterocycles. The third-order valence-corrected chi connectivity index (χ3v) is 5.14. The number of rotatable bonds is 7. The average Bonchev–Trinajstić information content (AvgIpc) is 3.45. The molecule has 0 fully saturated rings. The van der Waals surface area contributed by atoms with E-state index in [-0.39, 0.29) is 18.9 Å². The molecular formula is C22H20N4O6. The molecule has 10 nitrogen and oxygen atoms in total. The van der Waals surface area contributed by atoms with Gasteiger partial charge in [-0.3, -0.25) is 9.36 Å². The Morgan fingerprint density at radius 2 is 1.97 bits per heavy atom. The van der Waals surface area contributed by atoms with Gasteiger partial charge in [-0.05, 0) is 31.5 Å². The van der Waals surface area contributed by atoms with Crippen molar-refractivity contribution in [3.63, 3.8) is 0 Å². The minimum absolute atomic E-state index is 0.0886. The molecule has 4 aromatic rings. The molecule has 32 heavy (non-hydrogen) atoms. The number of fused-ring (bicyclic) bond motifs is 2. The van der Waals surface area contributed by atoms with Crippen molar-refractivity contribution in [1.82, 2.24) is 19.7 Å². The number of ether oxygens (including phenoxy) is 3. The topological polar surface area (TPSA) is 121 Å². The molecule has 1 N–H and O–H groups in total. The van der Waals surface area contributed by atoms with Gasteiger partial charge in [0.25, 0.3) is 5.56 Å². The Bertz CT molecular complexity index is 1400. The molecule has 0 bridgehead atoms. The summed E-state index contributed by atoms with van der Waals surface area (Å²) in [7, 11) is 0. The number of para-hydroxylation sites is 1. The SMILES string of the molecule is CCOc1ccccc1-c1noc(CCCn2c(=O)[nH]c3cc4c(cc3c2=O)OCO4)n1. The number of aromatic amines is 1. The van der Waals surface area contributed by atoms with E-state index in [1.807, 2.05) is 31.2 Å². The summed E-state index contributed by atoms with van der Waals surface area (Å²) in [6.07, 6.45) is 0.878. The lowest BCUT2D eigenvalue weighted by Crippen LogP contribution is -2.35. The van der Waals surface area contributed by atoms with Crippen molar-refractivity contribution >= 4 is 10.9 Å². The number of aromatic nitrogens is 4. The van der Waals surface area contributed by atoms with E-state index in [4.69, 9.17) is 18.7 Å². The van der Waals surface area contributed by atoms with E-state index in [0.29, 0.717) is 59.3 Å². The number of benzene rings is 2. The zero-order valence-electron chi connectivity index (χ0n) is 17.3. The summed E-state index contributed by atoms with van der Waals surface area (Å²) in [6.45, 7) is 2.72. The van der Waals surface area contributed by atoms with Gasteiger partial charge >= 0.3 is 5.69 Å². The quantitative estimate of drug-likeness (QED) is 0.469. The third-order valence-electron chi connectivity index (χ3n) is 5.14. The van der Waals surface area contributed by atoms with Gasteiger partial charge in [0.1, 0.15) is 5.75 Å². The first-order valence-corrected chi connectivity index (χ1v) is 10.3. The van der Waals surface area contributed by atoms with Gasteiger partial charge in [0.15, 0.2) is 11.5 Å². The lowest BCUT2D eigenvalue weighted by atomic mass is 10.2. The number of hydrogen-bond acceptors (Lipinski definition) is 8. The fraction of sp³-hybridized carbons (Fsp3) is 0.273. The zero-order chi connectivity index (χ0) is 22.1. The highest BCUT2D eigenvalue weighted by molar-refractivity contribution is 5.81. The molecule has 0 atom stereocenters. The number of H-pyrrole nitrogens is 1. The standard InChI is InChI=1S/C22H20N4O6/c1-2-29-16-7-4-3-6-13(16)20-24-19(32-25-20)8-5-9-26-21(27)14-10-17-18(31-12-30-17)11-15(14)23-22(26)28/h3-4,6-7,10-11H,2,5,8-9,12H2,1H3,(H,23,28).